The normalized spacial score (nSPS) is 12.5. The van der Waals surface area contributed by atoms with E-state index in [4.69, 9.17) is 10.2 Å². The Morgan fingerprint density at radius 1 is 1.82 bits per heavy atom. The summed E-state index contributed by atoms with van der Waals surface area (Å²) in [6, 6.07) is 2.83. The van der Waals surface area contributed by atoms with Crippen molar-refractivity contribution in [2.45, 2.75) is 13.0 Å². The maximum absolute atomic E-state index is 10.4. The Labute approximate surface area is 64.4 Å². The molecule has 4 nitrogen and oxygen atoms in total. The van der Waals surface area contributed by atoms with Crippen molar-refractivity contribution in [3.8, 4) is 0 Å². The van der Waals surface area contributed by atoms with E-state index in [0.717, 1.165) is 0 Å². The molecule has 1 rings (SSSR count). The predicted octanol–water partition coefficient (Wildman–Crippen LogP) is 1.01. The first-order chi connectivity index (χ1) is 5.20. The highest BCUT2D eigenvalue weighted by molar-refractivity contribution is 5.72. The molecule has 0 radical (unpaired) electrons. The van der Waals surface area contributed by atoms with Crippen molar-refractivity contribution >= 4 is 6.03 Å². The Balaban J connectivity index is 2.56. The summed E-state index contributed by atoms with van der Waals surface area (Å²) >= 11 is 0. The lowest BCUT2D eigenvalue weighted by Gasteiger charge is -2.07. The van der Waals surface area contributed by atoms with Gasteiger partial charge in [0.05, 0.1) is 12.3 Å². The molecule has 60 valence electrons. The average molecular weight is 154 g/mol. The third-order valence-corrected chi connectivity index (χ3v) is 1.33. The predicted molar refractivity (Wildman–Crippen MR) is 39.8 cm³/mol. The molecule has 0 aliphatic heterocycles. The molecule has 1 aromatic rings. The van der Waals surface area contributed by atoms with Crippen LogP contribution in [0.15, 0.2) is 22.8 Å². The summed E-state index contributed by atoms with van der Waals surface area (Å²) in [5.74, 6) is 0.698. The Morgan fingerprint density at radius 3 is 3.00 bits per heavy atom. The van der Waals surface area contributed by atoms with Gasteiger partial charge in [-0.25, -0.2) is 4.79 Å². The van der Waals surface area contributed by atoms with Gasteiger partial charge in [0.25, 0.3) is 0 Å². The van der Waals surface area contributed by atoms with E-state index in [1.165, 1.54) is 0 Å². The van der Waals surface area contributed by atoms with Gasteiger partial charge in [-0.2, -0.15) is 0 Å². The highest BCUT2D eigenvalue weighted by Gasteiger charge is 2.08. The molecule has 2 amide bonds. The summed E-state index contributed by atoms with van der Waals surface area (Å²) in [6.45, 7) is 1.80. The molecule has 0 aromatic carbocycles. The smallest absolute Gasteiger partial charge is 0.312 e. The van der Waals surface area contributed by atoms with Crippen molar-refractivity contribution in [2.24, 2.45) is 5.73 Å². The van der Waals surface area contributed by atoms with E-state index in [9.17, 15) is 4.79 Å². The van der Waals surface area contributed by atoms with Crippen molar-refractivity contribution in [2.75, 3.05) is 0 Å². The second-order valence-corrected chi connectivity index (χ2v) is 2.25. The Bertz CT molecular complexity index is 231. The molecule has 4 heteroatoms. The van der Waals surface area contributed by atoms with Crippen LogP contribution < -0.4 is 11.1 Å². The first-order valence-corrected chi connectivity index (χ1v) is 3.29. The SMILES string of the molecule is CC(NC(N)=O)c1ccco1. The fourth-order valence-electron chi connectivity index (χ4n) is 0.822. The fraction of sp³-hybridized carbons (Fsp3) is 0.286. The van der Waals surface area contributed by atoms with E-state index in [2.05, 4.69) is 5.32 Å². The molecule has 1 atom stereocenters. The summed E-state index contributed by atoms with van der Waals surface area (Å²) < 4.78 is 5.03. The van der Waals surface area contributed by atoms with E-state index in [1.807, 2.05) is 0 Å². The van der Waals surface area contributed by atoms with Crippen LogP contribution in [0.25, 0.3) is 0 Å². The number of urea groups is 1. The molecule has 0 aliphatic carbocycles. The van der Waals surface area contributed by atoms with Crippen molar-refractivity contribution in [1.82, 2.24) is 5.32 Å². The van der Waals surface area contributed by atoms with Gasteiger partial charge in [0, 0.05) is 0 Å². The fourth-order valence-corrected chi connectivity index (χ4v) is 0.822. The topological polar surface area (TPSA) is 68.3 Å². The van der Waals surface area contributed by atoms with E-state index < -0.39 is 6.03 Å². The van der Waals surface area contributed by atoms with Crippen LogP contribution in [-0.2, 0) is 0 Å². The van der Waals surface area contributed by atoms with Crippen molar-refractivity contribution < 1.29 is 9.21 Å². The van der Waals surface area contributed by atoms with Crippen LogP contribution in [0.1, 0.15) is 18.7 Å². The van der Waals surface area contributed by atoms with Gasteiger partial charge in [-0.1, -0.05) is 0 Å². The van der Waals surface area contributed by atoms with Crippen LogP contribution in [0.2, 0.25) is 0 Å². The molecule has 0 saturated heterocycles. The zero-order chi connectivity index (χ0) is 8.27. The number of nitrogens with two attached hydrogens (primary N) is 1. The van der Waals surface area contributed by atoms with Crippen molar-refractivity contribution in [1.29, 1.82) is 0 Å². The second-order valence-electron chi connectivity index (χ2n) is 2.25. The average Bonchev–Trinajstić information content (AvgIpc) is 2.35. The first kappa shape index (κ1) is 7.65. The highest BCUT2D eigenvalue weighted by atomic mass is 16.3. The minimum atomic E-state index is -0.547. The van der Waals surface area contributed by atoms with Crippen LogP contribution in [0, 0.1) is 0 Å². The van der Waals surface area contributed by atoms with E-state index >= 15 is 0 Å². The van der Waals surface area contributed by atoms with Crippen LogP contribution in [0.5, 0.6) is 0 Å². The maximum Gasteiger partial charge on any atom is 0.312 e. The van der Waals surface area contributed by atoms with Gasteiger partial charge in [-0.15, -0.1) is 0 Å². The van der Waals surface area contributed by atoms with Crippen LogP contribution >= 0.6 is 0 Å². The number of primary amides is 1. The summed E-state index contributed by atoms with van der Waals surface area (Å²) in [4.78, 5) is 10.4. The monoisotopic (exact) mass is 154 g/mol. The third kappa shape index (κ3) is 2.00. The third-order valence-electron chi connectivity index (χ3n) is 1.33. The number of amides is 2. The van der Waals surface area contributed by atoms with Gasteiger partial charge >= 0.3 is 6.03 Å². The molecule has 0 aliphatic rings. The quantitative estimate of drug-likeness (QED) is 0.667. The molecule has 1 unspecified atom stereocenters. The molecule has 0 bridgehead atoms. The highest BCUT2D eigenvalue weighted by Crippen LogP contribution is 2.11. The number of hydrogen-bond acceptors (Lipinski definition) is 2. The minimum absolute atomic E-state index is 0.164. The molecular weight excluding hydrogens is 144 g/mol. The number of carbonyl (C=O) groups is 1. The van der Waals surface area contributed by atoms with Gasteiger partial charge in [-0.05, 0) is 19.1 Å². The summed E-state index contributed by atoms with van der Waals surface area (Å²) in [5, 5.41) is 2.49. The summed E-state index contributed by atoms with van der Waals surface area (Å²) in [5.41, 5.74) is 4.91. The minimum Gasteiger partial charge on any atom is -0.467 e. The van der Waals surface area contributed by atoms with Gasteiger partial charge in [0.15, 0.2) is 0 Å². The Kier molecular flexibility index (Phi) is 2.15. The first-order valence-electron chi connectivity index (χ1n) is 3.29. The molecule has 1 aromatic heterocycles. The molecular formula is C7H10N2O2. The largest absolute Gasteiger partial charge is 0.467 e. The molecule has 11 heavy (non-hydrogen) atoms. The Morgan fingerprint density at radius 2 is 2.55 bits per heavy atom. The van der Waals surface area contributed by atoms with Crippen molar-refractivity contribution in [3.05, 3.63) is 24.2 Å². The standard InChI is InChI=1S/C7H10N2O2/c1-5(9-7(8)10)6-3-2-4-11-6/h2-5H,1H3,(H3,8,9,10). The van der Waals surface area contributed by atoms with Crippen LogP contribution in [0.3, 0.4) is 0 Å². The van der Waals surface area contributed by atoms with Crippen molar-refractivity contribution in [3.63, 3.8) is 0 Å². The molecule has 0 saturated carbocycles. The molecule has 0 fully saturated rings. The van der Waals surface area contributed by atoms with Crippen LogP contribution in [0.4, 0.5) is 4.79 Å². The summed E-state index contributed by atoms with van der Waals surface area (Å²) in [6.07, 6.45) is 1.55. The van der Waals surface area contributed by atoms with Gasteiger partial charge in [0.1, 0.15) is 5.76 Å². The van der Waals surface area contributed by atoms with E-state index in [0.29, 0.717) is 5.76 Å². The van der Waals surface area contributed by atoms with Gasteiger partial charge in [-0.3, -0.25) is 0 Å². The lowest BCUT2D eigenvalue weighted by molar-refractivity contribution is 0.244. The number of nitrogens with one attached hydrogen (secondary N) is 1. The number of furan rings is 1. The zero-order valence-corrected chi connectivity index (χ0v) is 6.20. The number of rotatable bonds is 2. The lowest BCUT2D eigenvalue weighted by atomic mass is 10.3. The zero-order valence-electron chi connectivity index (χ0n) is 6.20. The van der Waals surface area contributed by atoms with Crippen LogP contribution in [-0.4, -0.2) is 6.03 Å². The summed E-state index contributed by atoms with van der Waals surface area (Å²) in [7, 11) is 0. The maximum atomic E-state index is 10.4. The second kappa shape index (κ2) is 3.09. The number of hydrogen-bond donors (Lipinski definition) is 2. The Hall–Kier alpha value is -1.45. The number of carbonyl (C=O) groups excluding carboxylic acids is 1. The molecule has 3 N–H and O–H groups in total. The van der Waals surface area contributed by atoms with Gasteiger partial charge in [0.2, 0.25) is 0 Å². The van der Waals surface area contributed by atoms with E-state index in [1.54, 1.807) is 25.3 Å². The molecule has 1 heterocycles. The van der Waals surface area contributed by atoms with Gasteiger partial charge < -0.3 is 15.5 Å². The lowest BCUT2D eigenvalue weighted by Crippen LogP contribution is -2.31. The van der Waals surface area contributed by atoms with E-state index in [-0.39, 0.29) is 6.04 Å². The molecule has 0 spiro atoms.